The molecule has 0 spiro atoms. The fourth-order valence-corrected chi connectivity index (χ4v) is 3.61. The van der Waals surface area contributed by atoms with Crippen LogP contribution >= 0.6 is 11.8 Å². The van der Waals surface area contributed by atoms with Crippen molar-refractivity contribution in [3.8, 4) is 5.75 Å². The molecular weight excluding hydrogens is 374 g/mol. The van der Waals surface area contributed by atoms with E-state index >= 15 is 0 Å². The lowest BCUT2D eigenvalue weighted by atomic mass is 9.96. The van der Waals surface area contributed by atoms with E-state index in [0.717, 1.165) is 10.6 Å². The van der Waals surface area contributed by atoms with Crippen LogP contribution in [0.3, 0.4) is 0 Å². The van der Waals surface area contributed by atoms with E-state index in [2.05, 4.69) is 10.6 Å². The van der Waals surface area contributed by atoms with Gasteiger partial charge in [-0.15, -0.1) is 11.8 Å². The van der Waals surface area contributed by atoms with E-state index in [4.69, 9.17) is 4.74 Å². The number of urea groups is 1. The topological polar surface area (TPSA) is 70.7 Å². The fraction of sp³-hybridized carbons (Fsp3) is 0.333. The number of carbonyl (C=O) groups excluding carboxylic acids is 2. The summed E-state index contributed by atoms with van der Waals surface area (Å²) in [5, 5.41) is 5.86. The molecule has 3 amide bonds. The number of amides is 3. The van der Waals surface area contributed by atoms with Crippen LogP contribution < -0.4 is 15.4 Å². The monoisotopic (exact) mass is 399 g/mol. The van der Waals surface area contributed by atoms with E-state index in [1.54, 1.807) is 23.8 Å². The van der Waals surface area contributed by atoms with Crippen LogP contribution in [0.1, 0.15) is 12.8 Å². The normalized spacial score (nSPS) is 14.4. The Labute approximate surface area is 169 Å². The number of thioether (sulfide) groups is 1. The van der Waals surface area contributed by atoms with Crippen LogP contribution in [0.25, 0.3) is 0 Å². The summed E-state index contributed by atoms with van der Waals surface area (Å²) >= 11 is 1.66. The summed E-state index contributed by atoms with van der Waals surface area (Å²) in [5.41, 5.74) is 1.45. The minimum atomic E-state index is -0.125. The van der Waals surface area contributed by atoms with Gasteiger partial charge >= 0.3 is 6.03 Å². The van der Waals surface area contributed by atoms with Crippen LogP contribution in [0.5, 0.6) is 5.75 Å². The molecule has 148 valence electrons. The predicted octanol–water partition coefficient (Wildman–Crippen LogP) is 4.30. The molecule has 0 aliphatic carbocycles. The van der Waals surface area contributed by atoms with E-state index in [9.17, 15) is 9.59 Å². The van der Waals surface area contributed by atoms with E-state index in [0.29, 0.717) is 37.4 Å². The van der Waals surface area contributed by atoms with Gasteiger partial charge in [-0.3, -0.25) is 4.79 Å². The Morgan fingerprint density at radius 1 is 1.04 bits per heavy atom. The molecule has 2 aromatic rings. The number of piperidine rings is 1. The van der Waals surface area contributed by atoms with Crippen LogP contribution in [0.2, 0.25) is 0 Å². The summed E-state index contributed by atoms with van der Waals surface area (Å²) in [6, 6.07) is 15.0. The number of hydrogen-bond acceptors (Lipinski definition) is 4. The Morgan fingerprint density at radius 3 is 2.36 bits per heavy atom. The SMILES string of the molecule is COc1ccccc1NC(=O)C1CCN(C(=O)Nc2ccc(SC)cc2)CC1. The van der Waals surface area contributed by atoms with Crippen molar-refractivity contribution in [3.63, 3.8) is 0 Å². The number of nitrogens with one attached hydrogen (secondary N) is 2. The molecule has 0 saturated carbocycles. The summed E-state index contributed by atoms with van der Waals surface area (Å²) in [6.07, 6.45) is 3.29. The van der Waals surface area contributed by atoms with E-state index in [-0.39, 0.29) is 17.9 Å². The second kappa shape index (κ2) is 9.50. The summed E-state index contributed by atoms with van der Waals surface area (Å²) in [4.78, 5) is 28.0. The van der Waals surface area contributed by atoms with Gasteiger partial charge in [-0.25, -0.2) is 4.79 Å². The zero-order chi connectivity index (χ0) is 19.9. The van der Waals surface area contributed by atoms with Crippen LogP contribution in [-0.4, -0.2) is 43.3 Å². The smallest absolute Gasteiger partial charge is 0.321 e. The first-order valence-corrected chi connectivity index (χ1v) is 10.5. The van der Waals surface area contributed by atoms with Gasteiger partial charge < -0.3 is 20.3 Å². The van der Waals surface area contributed by atoms with Crippen LogP contribution in [0, 0.1) is 5.92 Å². The highest BCUT2D eigenvalue weighted by Gasteiger charge is 2.27. The molecule has 1 fully saturated rings. The van der Waals surface area contributed by atoms with Gasteiger partial charge in [-0.05, 0) is 55.5 Å². The maximum atomic E-state index is 12.6. The largest absolute Gasteiger partial charge is 0.495 e. The van der Waals surface area contributed by atoms with E-state index < -0.39 is 0 Å². The van der Waals surface area contributed by atoms with Gasteiger partial charge in [-0.1, -0.05) is 12.1 Å². The van der Waals surface area contributed by atoms with E-state index in [1.165, 1.54) is 0 Å². The standard InChI is InChI=1S/C21H25N3O3S/c1-27-19-6-4-3-5-18(19)23-20(25)15-11-13-24(14-12-15)21(26)22-16-7-9-17(28-2)10-8-16/h3-10,15H,11-14H2,1-2H3,(H,22,26)(H,23,25). The van der Waals surface area contributed by atoms with Crippen molar-refractivity contribution < 1.29 is 14.3 Å². The molecule has 0 bridgehead atoms. The molecule has 6 nitrogen and oxygen atoms in total. The average Bonchev–Trinajstić information content (AvgIpc) is 2.74. The Morgan fingerprint density at radius 2 is 1.71 bits per heavy atom. The Bertz CT molecular complexity index is 818. The van der Waals surface area contributed by atoms with Crippen LogP contribution in [0.4, 0.5) is 16.2 Å². The Balaban J connectivity index is 1.50. The summed E-state index contributed by atoms with van der Waals surface area (Å²) in [7, 11) is 1.58. The third-order valence-corrected chi connectivity index (χ3v) is 5.60. The van der Waals surface area contributed by atoms with Crippen molar-refractivity contribution in [2.24, 2.45) is 5.92 Å². The van der Waals surface area contributed by atoms with Crippen molar-refractivity contribution >= 4 is 35.1 Å². The lowest BCUT2D eigenvalue weighted by Crippen LogP contribution is -2.43. The lowest BCUT2D eigenvalue weighted by molar-refractivity contribution is -0.121. The molecule has 2 N–H and O–H groups in total. The number of rotatable bonds is 5. The minimum Gasteiger partial charge on any atom is -0.495 e. The summed E-state index contributed by atoms with van der Waals surface area (Å²) < 4.78 is 5.28. The summed E-state index contributed by atoms with van der Waals surface area (Å²) in [6.45, 7) is 1.11. The number of ether oxygens (including phenoxy) is 1. The number of likely N-dealkylation sites (tertiary alicyclic amines) is 1. The van der Waals surface area contributed by atoms with Crippen molar-refractivity contribution in [1.82, 2.24) is 4.90 Å². The first kappa shape index (κ1) is 20.1. The van der Waals surface area contributed by atoms with Gasteiger partial charge in [-0.2, -0.15) is 0 Å². The highest BCUT2D eigenvalue weighted by Crippen LogP contribution is 2.26. The number of nitrogens with zero attached hydrogens (tertiary/aromatic N) is 1. The maximum absolute atomic E-state index is 12.6. The molecule has 7 heteroatoms. The number of para-hydroxylation sites is 2. The predicted molar refractivity (Wildman–Crippen MR) is 113 cm³/mol. The van der Waals surface area contributed by atoms with Crippen molar-refractivity contribution in [1.29, 1.82) is 0 Å². The van der Waals surface area contributed by atoms with Crippen molar-refractivity contribution in [2.45, 2.75) is 17.7 Å². The van der Waals surface area contributed by atoms with Crippen molar-refractivity contribution in [3.05, 3.63) is 48.5 Å². The first-order chi connectivity index (χ1) is 13.6. The third kappa shape index (κ3) is 4.98. The minimum absolute atomic E-state index is 0.0304. The van der Waals surface area contributed by atoms with Crippen LogP contribution in [-0.2, 0) is 4.79 Å². The number of hydrogen-bond donors (Lipinski definition) is 2. The summed E-state index contributed by atoms with van der Waals surface area (Å²) in [5.74, 6) is 0.493. The maximum Gasteiger partial charge on any atom is 0.321 e. The zero-order valence-electron chi connectivity index (χ0n) is 16.1. The number of carbonyl (C=O) groups is 2. The number of benzene rings is 2. The third-order valence-electron chi connectivity index (χ3n) is 4.86. The molecule has 1 aliphatic rings. The molecule has 1 saturated heterocycles. The molecule has 3 rings (SSSR count). The molecule has 0 unspecified atom stereocenters. The average molecular weight is 400 g/mol. The molecule has 0 atom stereocenters. The molecular formula is C21H25N3O3S. The quantitative estimate of drug-likeness (QED) is 0.736. The van der Waals surface area contributed by atoms with Crippen LogP contribution in [0.15, 0.2) is 53.4 Å². The fourth-order valence-electron chi connectivity index (χ4n) is 3.20. The zero-order valence-corrected chi connectivity index (χ0v) is 16.9. The first-order valence-electron chi connectivity index (χ1n) is 9.24. The molecule has 1 aliphatic heterocycles. The number of anilines is 2. The Hall–Kier alpha value is -2.67. The van der Waals surface area contributed by atoms with Crippen molar-refractivity contribution in [2.75, 3.05) is 37.1 Å². The van der Waals surface area contributed by atoms with E-state index in [1.807, 2.05) is 54.8 Å². The Kier molecular flexibility index (Phi) is 6.81. The van der Waals surface area contributed by atoms with Gasteiger partial charge in [0.25, 0.3) is 0 Å². The van der Waals surface area contributed by atoms with Gasteiger partial charge in [0.2, 0.25) is 5.91 Å². The van der Waals surface area contributed by atoms with Gasteiger partial charge in [0.05, 0.1) is 12.8 Å². The molecule has 0 radical (unpaired) electrons. The van der Waals surface area contributed by atoms with Gasteiger partial charge in [0, 0.05) is 29.6 Å². The molecule has 28 heavy (non-hydrogen) atoms. The molecule has 2 aromatic carbocycles. The van der Waals surface area contributed by atoms with Gasteiger partial charge in [0.1, 0.15) is 5.75 Å². The molecule has 1 heterocycles. The highest BCUT2D eigenvalue weighted by molar-refractivity contribution is 7.98. The second-order valence-electron chi connectivity index (χ2n) is 6.61. The lowest BCUT2D eigenvalue weighted by Gasteiger charge is -2.31. The second-order valence-corrected chi connectivity index (χ2v) is 7.49. The highest BCUT2D eigenvalue weighted by atomic mass is 32.2. The van der Waals surface area contributed by atoms with Gasteiger partial charge in [0.15, 0.2) is 0 Å². The molecule has 0 aromatic heterocycles. The number of methoxy groups -OCH3 is 1.